The molecule has 0 saturated carbocycles. The average molecular weight is 1150 g/mol. The summed E-state index contributed by atoms with van der Waals surface area (Å²) in [6.45, 7) is 7.45. The number of nitrogens with zero attached hydrogens (tertiary/aromatic N) is 9. The van der Waals surface area contributed by atoms with Crippen LogP contribution in [0.2, 0.25) is 10.0 Å². The summed E-state index contributed by atoms with van der Waals surface area (Å²) in [4.78, 5) is 74.2. The molecule has 83 heavy (non-hydrogen) atoms. The van der Waals surface area contributed by atoms with Crippen LogP contribution in [0, 0.1) is 11.6 Å². The third-order valence-electron chi connectivity index (χ3n) is 12.1. The molecule has 0 aliphatic carbocycles. The number of aromatic nitrogens is 8. The number of halogens is 4. The number of benzene rings is 4. The number of ether oxygens (including phenoxy) is 2. The Morgan fingerprint density at radius 3 is 1.39 bits per heavy atom. The summed E-state index contributed by atoms with van der Waals surface area (Å²) in [6.07, 6.45) is 8.54. The molecule has 0 radical (unpaired) electrons. The van der Waals surface area contributed by atoms with Crippen LogP contribution in [0.1, 0.15) is 71.6 Å². The first kappa shape index (κ1) is 57.4. The highest BCUT2D eigenvalue weighted by molar-refractivity contribution is 6.34. The van der Waals surface area contributed by atoms with Gasteiger partial charge in [-0.2, -0.15) is 10.2 Å². The molecule has 0 fully saturated rings. The number of aliphatic imine (C=N–C) groups is 1. The highest BCUT2D eigenvalue weighted by Crippen LogP contribution is 2.36. The molecule has 22 heteroatoms. The van der Waals surface area contributed by atoms with Crippen LogP contribution in [0.5, 0.6) is 23.3 Å². The number of pyridine rings is 4. The molecule has 0 aliphatic rings. The van der Waals surface area contributed by atoms with Gasteiger partial charge >= 0.3 is 0 Å². The van der Waals surface area contributed by atoms with Crippen molar-refractivity contribution in [1.82, 2.24) is 39.5 Å². The van der Waals surface area contributed by atoms with E-state index in [4.69, 9.17) is 43.4 Å². The molecule has 6 heterocycles. The Labute approximate surface area is 482 Å². The van der Waals surface area contributed by atoms with Crippen molar-refractivity contribution in [2.45, 2.75) is 39.8 Å². The molecule has 4 aromatic carbocycles. The van der Waals surface area contributed by atoms with Gasteiger partial charge in [0.15, 0.2) is 17.3 Å². The van der Waals surface area contributed by atoms with E-state index in [0.717, 1.165) is 11.1 Å². The molecular formula is C61H48Cl2F2N12O6. The smallest absolute Gasteiger partial charge is 0.261 e. The molecular weight excluding hydrogens is 1110 g/mol. The van der Waals surface area contributed by atoms with Crippen LogP contribution in [-0.2, 0) is 0 Å². The number of amides is 2. The first-order valence-electron chi connectivity index (χ1n) is 25.4. The zero-order chi connectivity index (χ0) is 58.7. The molecule has 6 aromatic heterocycles. The van der Waals surface area contributed by atoms with Crippen molar-refractivity contribution in [2.75, 3.05) is 16.4 Å². The standard InChI is InChI=1S/C37H28ClFN6O3.C24H20ClFN6O3/c1-23(2)45-22-29(35(46)34(44-45)26-13-15-27(39)16-14-26)37(47)42-28-17-18-31(41-21-28)48-30-19-20-40-36(32(30)38)43-33(24-9-5-3-6-10-24)25-11-7-4-8-12-25;1-13(2)32-12-17(22(33)21(31-32)14-3-5-15(26)6-4-14)24(34)30-16-7-8-19(29-11-16)35-18-9-10-28-23(27)20(18)25/h3-23H,1-2H3,(H,42,47);3-13H,1-2H3,(H2,27,28)(H,30,34). The van der Waals surface area contributed by atoms with Crippen LogP contribution in [-0.4, -0.2) is 57.0 Å². The van der Waals surface area contributed by atoms with Gasteiger partial charge in [0.25, 0.3) is 11.8 Å². The second-order valence-corrected chi connectivity index (χ2v) is 19.4. The van der Waals surface area contributed by atoms with E-state index in [2.05, 4.69) is 40.8 Å². The van der Waals surface area contributed by atoms with Crippen LogP contribution < -0.4 is 36.7 Å². The van der Waals surface area contributed by atoms with Gasteiger partial charge in [0.05, 0.1) is 29.5 Å². The highest BCUT2D eigenvalue weighted by Gasteiger charge is 2.22. The first-order chi connectivity index (χ1) is 40.0. The van der Waals surface area contributed by atoms with Crippen LogP contribution in [0.15, 0.2) is 197 Å². The Morgan fingerprint density at radius 2 is 0.976 bits per heavy atom. The lowest BCUT2D eigenvalue weighted by Crippen LogP contribution is -2.27. The highest BCUT2D eigenvalue weighted by atomic mass is 35.5. The van der Waals surface area contributed by atoms with Crippen molar-refractivity contribution in [1.29, 1.82) is 0 Å². The van der Waals surface area contributed by atoms with Crippen molar-refractivity contribution < 1.29 is 27.8 Å². The molecule has 0 spiro atoms. The lowest BCUT2D eigenvalue weighted by Gasteiger charge is -2.14. The predicted octanol–water partition coefficient (Wildman–Crippen LogP) is 13.0. The maximum atomic E-state index is 13.5. The number of hydrogen-bond donors (Lipinski definition) is 3. The number of hydrogen-bond acceptors (Lipinski definition) is 14. The zero-order valence-corrected chi connectivity index (χ0v) is 46.1. The second-order valence-electron chi connectivity index (χ2n) is 18.6. The minimum atomic E-state index is -0.650. The van der Waals surface area contributed by atoms with Gasteiger partial charge in [-0.15, -0.1) is 0 Å². The molecule has 0 saturated heterocycles. The maximum absolute atomic E-state index is 13.5. The third kappa shape index (κ3) is 14.0. The minimum absolute atomic E-state index is 0.0378. The van der Waals surface area contributed by atoms with E-state index in [9.17, 15) is 28.0 Å². The van der Waals surface area contributed by atoms with Gasteiger partial charge in [0.2, 0.25) is 22.6 Å². The largest absolute Gasteiger partial charge is 0.437 e. The number of anilines is 3. The molecule has 0 bridgehead atoms. The lowest BCUT2D eigenvalue weighted by molar-refractivity contribution is 0.101. The predicted molar refractivity (Wildman–Crippen MR) is 314 cm³/mol. The monoisotopic (exact) mass is 1150 g/mol. The van der Waals surface area contributed by atoms with Gasteiger partial charge in [0, 0.05) is 83.4 Å². The summed E-state index contributed by atoms with van der Waals surface area (Å²) in [5, 5.41) is 14.4. The summed E-state index contributed by atoms with van der Waals surface area (Å²) in [5.41, 5.74) is 8.28. The van der Waals surface area contributed by atoms with Crippen LogP contribution in [0.3, 0.4) is 0 Å². The van der Waals surface area contributed by atoms with E-state index in [1.54, 1.807) is 30.5 Å². The third-order valence-corrected chi connectivity index (χ3v) is 12.8. The number of carbonyl (C=O) groups excluding carboxylic acids is 2. The fourth-order valence-corrected chi connectivity index (χ4v) is 8.14. The van der Waals surface area contributed by atoms with Crippen molar-refractivity contribution in [2.24, 2.45) is 4.99 Å². The number of rotatable bonds is 15. The summed E-state index contributed by atoms with van der Waals surface area (Å²) >= 11 is 12.8. The molecule has 18 nitrogen and oxygen atoms in total. The molecule has 4 N–H and O–H groups in total. The molecule has 2 amide bonds. The number of nitrogens with one attached hydrogen (secondary N) is 2. The fourth-order valence-electron chi connectivity index (χ4n) is 7.80. The summed E-state index contributed by atoms with van der Waals surface area (Å²) < 4.78 is 41.5. The normalized spacial score (nSPS) is 10.9. The van der Waals surface area contributed by atoms with Gasteiger partial charge < -0.3 is 25.8 Å². The quantitative estimate of drug-likeness (QED) is 0.0811. The topological polar surface area (TPSA) is 236 Å². The summed E-state index contributed by atoms with van der Waals surface area (Å²) in [6, 6.07) is 39.2. The van der Waals surface area contributed by atoms with Crippen LogP contribution >= 0.6 is 23.2 Å². The van der Waals surface area contributed by atoms with E-state index in [1.165, 1.54) is 101 Å². The second kappa shape index (κ2) is 25.9. The molecule has 0 atom stereocenters. The molecule has 0 aliphatic heterocycles. The van der Waals surface area contributed by atoms with Gasteiger partial charge in [0.1, 0.15) is 50.0 Å². The number of nitrogen functional groups attached to an aromatic ring is 1. The average Bonchev–Trinajstić information content (AvgIpc) is 3.49. The Kier molecular flexibility index (Phi) is 17.9. The molecule has 10 rings (SSSR count). The molecule has 416 valence electrons. The van der Waals surface area contributed by atoms with Gasteiger partial charge in [-0.05, 0) is 88.4 Å². The SMILES string of the molecule is CC(C)n1cc(C(=O)Nc2ccc(Oc3ccnc(N)c3Cl)nc2)c(=O)c(-c2ccc(F)cc2)n1.CC(C)n1cc(C(=O)Nc2ccc(Oc3ccnc(N=C(c4ccccc4)c4ccccc4)c3Cl)nc2)c(=O)c(-c2ccc(F)cc2)n1. The lowest BCUT2D eigenvalue weighted by atomic mass is 10.0. The van der Waals surface area contributed by atoms with E-state index in [-0.39, 0.29) is 79.5 Å². The molecule has 10 aromatic rings. The van der Waals surface area contributed by atoms with Crippen LogP contribution in [0.25, 0.3) is 22.5 Å². The first-order valence-corrected chi connectivity index (χ1v) is 26.2. The van der Waals surface area contributed by atoms with Gasteiger partial charge in [-0.3, -0.25) is 28.5 Å². The molecule has 0 unspecified atom stereocenters. The Hall–Kier alpha value is -10.3. The Balaban J connectivity index is 0.000000210. The fraction of sp³-hybridized carbons (Fsp3) is 0.0984. The van der Waals surface area contributed by atoms with Crippen LogP contribution in [0.4, 0.5) is 31.8 Å². The van der Waals surface area contributed by atoms with Gasteiger partial charge in [-0.1, -0.05) is 83.9 Å². The minimum Gasteiger partial charge on any atom is -0.437 e. The van der Waals surface area contributed by atoms with E-state index in [0.29, 0.717) is 28.2 Å². The summed E-state index contributed by atoms with van der Waals surface area (Å²) in [7, 11) is 0. The van der Waals surface area contributed by atoms with Crippen molar-refractivity contribution >= 4 is 63.7 Å². The number of nitrogens with two attached hydrogens (primary N) is 1. The Morgan fingerprint density at radius 1 is 0.554 bits per heavy atom. The van der Waals surface area contributed by atoms with Crippen molar-refractivity contribution in [3.8, 4) is 45.8 Å². The van der Waals surface area contributed by atoms with Crippen molar-refractivity contribution in [3.63, 3.8) is 0 Å². The van der Waals surface area contributed by atoms with E-state index < -0.39 is 34.3 Å². The van der Waals surface area contributed by atoms with Gasteiger partial charge in [-0.25, -0.2) is 33.7 Å². The van der Waals surface area contributed by atoms with Crippen molar-refractivity contribution in [3.05, 3.63) is 247 Å². The Bertz CT molecular complexity index is 4080. The summed E-state index contributed by atoms with van der Waals surface area (Å²) in [5.74, 6) is -0.815. The zero-order valence-electron chi connectivity index (χ0n) is 44.5. The number of carbonyl (C=O) groups is 2. The maximum Gasteiger partial charge on any atom is 0.261 e. The van der Waals surface area contributed by atoms with E-state index >= 15 is 0 Å². The van der Waals surface area contributed by atoms with E-state index in [1.807, 2.05) is 88.4 Å².